The molecule has 0 radical (unpaired) electrons. The highest BCUT2D eigenvalue weighted by molar-refractivity contribution is 5.74. The van der Waals surface area contributed by atoms with Crippen molar-refractivity contribution in [1.29, 1.82) is 0 Å². The van der Waals surface area contributed by atoms with Crippen LogP contribution in [0.3, 0.4) is 0 Å². The monoisotopic (exact) mass is 668 g/mol. The molecule has 0 saturated heterocycles. The summed E-state index contributed by atoms with van der Waals surface area (Å²) in [7, 11) is 1.62. The summed E-state index contributed by atoms with van der Waals surface area (Å²) in [5.74, 6) is 1.62. The molecule has 1 aromatic heterocycles. The summed E-state index contributed by atoms with van der Waals surface area (Å²) in [5, 5.41) is 12.4. The van der Waals surface area contributed by atoms with Gasteiger partial charge in [-0.3, -0.25) is 0 Å². The highest BCUT2D eigenvalue weighted by Crippen LogP contribution is 2.37. The third-order valence-corrected chi connectivity index (χ3v) is 9.11. The molecule has 3 aromatic rings. The first kappa shape index (κ1) is 37.4. The summed E-state index contributed by atoms with van der Waals surface area (Å²) in [4.78, 5) is 10.5. The maximum atomic E-state index is 13.8. The largest absolute Gasteiger partial charge is 0.496 e. The molecule has 48 heavy (non-hydrogen) atoms. The van der Waals surface area contributed by atoms with E-state index in [1.54, 1.807) is 7.11 Å². The first-order chi connectivity index (χ1) is 23.2. The van der Waals surface area contributed by atoms with Gasteiger partial charge in [0.25, 0.3) is 0 Å². The number of aromatic nitrogens is 2. The third-order valence-electron chi connectivity index (χ3n) is 9.11. The van der Waals surface area contributed by atoms with E-state index in [2.05, 4.69) is 40.1 Å². The van der Waals surface area contributed by atoms with E-state index in [0.29, 0.717) is 30.4 Å². The minimum atomic E-state index is -4.60. The Morgan fingerprint density at radius 2 is 1.90 bits per heavy atom. The lowest BCUT2D eigenvalue weighted by molar-refractivity contribution is -0.139. The molecule has 0 fully saturated rings. The summed E-state index contributed by atoms with van der Waals surface area (Å²) < 4.78 is 52.9. The van der Waals surface area contributed by atoms with Crippen LogP contribution in [0, 0.1) is 5.92 Å². The Kier molecular flexibility index (Phi) is 14.7. The van der Waals surface area contributed by atoms with Gasteiger partial charge in [-0.05, 0) is 99.6 Å². The van der Waals surface area contributed by atoms with Crippen molar-refractivity contribution in [2.75, 3.05) is 45.3 Å². The number of nitrogens with one attached hydrogen (secondary N) is 1. The number of halogens is 3. The van der Waals surface area contributed by atoms with Crippen molar-refractivity contribution >= 4 is 17.2 Å². The van der Waals surface area contributed by atoms with Gasteiger partial charge in [0.1, 0.15) is 5.75 Å². The van der Waals surface area contributed by atoms with Gasteiger partial charge < -0.3 is 24.8 Å². The van der Waals surface area contributed by atoms with E-state index in [0.717, 1.165) is 75.5 Å². The number of aliphatic hydroxyl groups excluding tert-OH is 1. The number of methoxy groups -OCH3 is 1. The van der Waals surface area contributed by atoms with Crippen molar-refractivity contribution < 1.29 is 27.8 Å². The predicted octanol–water partition coefficient (Wildman–Crippen LogP) is 9.02. The van der Waals surface area contributed by atoms with Crippen LogP contribution < -0.4 is 10.1 Å². The lowest BCUT2D eigenvalue weighted by atomic mass is 9.92. The molecule has 7 nitrogen and oxygen atoms in total. The molecule has 0 aliphatic heterocycles. The number of alkyl halides is 3. The number of hydrogen-bond acceptors (Lipinski definition) is 7. The molecule has 1 aliphatic carbocycles. The summed E-state index contributed by atoms with van der Waals surface area (Å²) in [6.07, 6.45) is 6.84. The van der Waals surface area contributed by atoms with Gasteiger partial charge in [-0.25, -0.2) is 9.97 Å². The molecule has 262 valence electrons. The second-order valence-electron chi connectivity index (χ2n) is 12.7. The maximum Gasteiger partial charge on any atom is 0.419 e. The van der Waals surface area contributed by atoms with E-state index in [1.807, 2.05) is 48.5 Å². The molecule has 0 saturated carbocycles. The van der Waals surface area contributed by atoms with Crippen molar-refractivity contribution in [3.8, 4) is 5.75 Å². The Morgan fingerprint density at radius 3 is 2.62 bits per heavy atom. The molecule has 1 aliphatic rings. The number of aliphatic hydroxyl groups is 1. The summed E-state index contributed by atoms with van der Waals surface area (Å²) >= 11 is 0. The number of ether oxygens (including phenoxy) is 2. The smallest absolute Gasteiger partial charge is 0.419 e. The van der Waals surface area contributed by atoms with Crippen LogP contribution in [0.15, 0.2) is 60.8 Å². The number of allylic oxidation sites excluding steroid dienone is 2. The Hall–Kier alpha value is -3.47. The molecule has 0 spiro atoms. The molecule has 2 unspecified atom stereocenters. The quantitative estimate of drug-likeness (QED) is 0.131. The highest BCUT2D eigenvalue weighted by Gasteiger charge is 2.35. The van der Waals surface area contributed by atoms with Crippen molar-refractivity contribution in [2.24, 2.45) is 5.92 Å². The Labute approximate surface area is 283 Å². The van der Waals surface area contributed by atoms with Crippen molar-refractivity contribution in [3.63, 3.8) is 0 Å². The maximum absolute atomic E-state index is 13.8. The highest BCUT2D eigenvalue weighted by atomic mass is 19.4. The molecular formula is C38H51F3N4O3. The number of rotatable bonds is 18. The van der Waals surface area contributed by atoms with Crippen LogP contribution in [0.1, 0.15) is 93.5 Å². The number of benzene rings is 2. The van der Waals surface area contributed by atoms with Crippen LogP contribution in [0.4, 0.5) is 24.8 Å². The lowest BCUT2D eigenvalue weighted by Gasteiger charge is -2.22. The van der Waals surface area contributed by atoms with Gasteiger partial charge in [-0.2, -0.15) is 13.2 Å². The van der Waals surface area contributed by atoms with Gasteiger partial charge in [0.15, 0.2) is 0 Å². The van der Waals surface area contributed by atoms with Gasteiger partial charge in [-0.1, -0.05) is 50.3 Å². The summed E-state index contributed by atoms with van der Waals surface area (Å²) in [5.41, 5.74) is 2.94. The zero-order chi connectivity index (χ0) is 34.4. The number of nitrogens with zero attached hydrogens (tertiary/aromatic N) is 3. The van der Waals surface area contributed by atoms with Crippen molar-refractivity contribution in [2.45, 2.75) is 83.9 Å². The molecule has 0 bridgehead atoms. The molecule has 10 heteroatoms. The minimum Gasteiger partial charge on any atom is -0.496 e. The second kappa shape index (κ2) is 18.9. The fourth-order valence-electron chi connectivity index (χ4n) is 6.39. The summed E-state index contributed by atoms with van der Waals surface area (Å²) in [6, 6.07) is 15.7. The van der Waals surface area contributed by atoms with E-state index >= 15 is 0 Å². The molecule has 2 atom stereocenters. The molecule has 4 rings (SSSR count). The predicted molar refractivity (Wildman–Crippen MR) is 185 cm³/mol. The fourth-order valence-corrected chi connectivity index (χ4v) is 6.39. The van der Waals surface area contributed by atoms with Crippen LogP contribution in [-0.2, 0) is 17.5 Å². The summed E-state index contributed by atoms with van der Waals surface area (Å²) in [6.45, 7) is 7.27. The minimum absolute atomic E-state index is 0.0575. The Morgan fingerprint density at radius 1 is 1.08 bits per heavy atom. The molecule has 2 aromatic carbocycles. The number of hydrogen-bond donors (Lipinski definition) is 2. The SMILES string of the molecule is CCCN(CCO)CCCC1CCC=C(c2ccc(Nc3ncc(C(F)(F)F)c(COCCC(C)c4ccccc4)n3)cc2OC)CC1. The van der Waals surface area contributed by atoms with E-state index < -0.39 is 11.7 Å². The van der Waals surface area contributed by atoms with Crippen LogP contribution in [0.5, 0.6) is 5.75 Å². The van der Waals surface area contributed by atoms with E-state index in [9.17, 15) is 18.3 Å². The number of anilines is 2. The topological polar surface area (TPSA) is 79.7 Å². The zero-order valence-electron chi connectivity index (χ0n) is 28.6. The Bertz CT molecular complexity index is 1430. The van der Waals surface area contributed by atoms with Gasteiger partial charge in [0.05, 0.1) is 31.6 Å². The van der Waals surface area contributed by atoms with Crippen molar-refractivity contribution in [1.82, 2.24) is 14.9 Å². The Balaban J connectivity index is 1.36. The second-order valence-corrected chi connectivity index (χ2v) is 12.7. The van der Waals surface area contributed by atoms with E-state index in [4.69, 9.17) is 9.47 Å². The van der Waals surface area contributed by atoms with Gasteiger partial charge in [0, 0.05) is 36.7 Å². The van der Waals surface area contributed by atoms with Gasteiger partial charge in [0.2, 0.25) is 5.95 Å². The molecular weight excluding hydrogens is 617 g/mol. The van der Waals surface area contributed by atoms with E-state index in [1.165, 1.54) is 12.0 Å². The first-order valence-electron chi connectivity index (χ1n) is 17.2. The zero-order valence-corrected chi connectivity index (χ0v) is 28.6. The van der Waals surface area contributed by atoms with Crippen LogP contribution in [0.25, 0.3) is 5.57 Å². The van der Waals surface area contributed by atoms with Crippen LogP contribution in [-0.4, -0.2) is 59.9 Å². The molecule has 2 N–H and O–H groups in total. The third kappa shape index (κ3) is 11.3. The van der Waals surface area contributed by atoms with Crippen molar-refractivity contribution in [3.05, 3.63) is 83.2 Å². The van der Waals surface area contributed by atoms with Crippen LogP contribution >= 0.6 is 0 Å². The fraction of sp³-hybridized carbons (Fsp3) is 0.526. The van der Waals surface area contributed by atoms with Crippen LogP contribution in [0.2, 0.25) is 0 Å². The van der Waals surface area contributed by atoms with Gasteiger partial charge >= 0.3 is 6.18 Å². The lowest BCUT2D eigenvalue weighted by Crippen LogP contribution is -2.29. The first-order valence-corrected chi connectivity index (χ1v) is 17.2. The normalized spacial score (nSPS) is 16.0. The molecule has 1 heterocycles. The standard InChI is InChI=1S/C38H51F3N4O3/c1-4-20-45(22-23-46)21-9-11-29-10-8-14-31(16-15-29)33-18-17-32(25-36(33)47-3)43-37-42-26-34(38(39,40)41)35(44-37)27-48-24-19-28(2)30-12-6-5-7-13-30/h5-7,12-14,17-18,25-26,28-29,46H,4,8-11,15-16,19-24,27H2,1-3H3,(H,42,43,44). The van der Waals surface area contributed by atoms with E-state index in [-0.39, 0.29) is 30.8 Å². The van der Waals surface area contributed by atoms with Gasteiger partial charge in [-0.15, -0.1) is 0 Å². The average Bonchev–Trinajstić information content (AvgIpc) is 3.32. The molecule has 0 amide bonds. The average molecular weight is 669 g/mol.